The van der Waals surface area contributed by atoms with Crippen molar-refractivity contribution in [1.29, 1.82) is 0 Å². The van der Waals surface area contributed by atoms with E-state index in [1.54, 1.807) is 7.48 Å². The lowest BCUT2D eigenvalue weighted by Crippen LogP contribution is -1.78. The highest BCUT2D eigenvalue weighted by Gasteiger charge is 2.01. The molecule has 3 heteroatoms. The molecule has 1 fully saturated rings. The van der Waals surface area contributed by atoms with E-state index in [9.17, 15) is 0 Å². The first-order chi connectivity index (χ1) is 11.4. The fraction of sp³-hybridized carbons (Fsp3) is 0.100. The minimum atomic E-state index is 0.722. The van der Waals surface area contributed by atoms with Crippen molar-refractivity contribution in [1.82, 2.24) is 0 Å². The van der Waals surface area contributed by atoms with Crippen molar-refractivity contribution in [2.45, 2.75) is 6.32 Å². The highest BCUT2D eigenvalue weighted by molar-refractivity contribution is 6.27. The van der Waals surface area contributed by atoms with E-state index in [0.29, 0.717) is 0 Å². The van der Waals surface area contributed by atoms with Crippen LogP contribution in [0.4, 0.5) is 0 Å². The van der Waals surface area contributed by atoms with Crippen molar-refractivity contribution in [2.75, 3.05) is 6.61 Å². The van der Waals surface area contributed by atoms with E-state index < -0.39 is 0 Å². The quantitative estimate of drug-likeness (QED) is 0.254. The van der Waals surface area contributed by atoms with E-state index in [4.69, 9.17) is 0 Å². The summed E-state index contributed by atoms with van der Waals surface area (Å²) < 4.78 is 0. The second-order valence-electron chi connectivity index (χ2n) is 5.62. The number of hydrogen-bond acceptors (Lipinski definition) is 2. The smallest absolute Gasteiger partial charge is 0.311 e. The van der Waals surface area contributed by atoms with E-state index in [1.807, 2.05) is 0 Å². The largest absolute Gasteiger partial charge is 0.346 e. The molecule has 0 saturated carbocycles. The average molecular weight is 299 g/mol. The van der Waals surface area contributed by atoms with Crippen molar-refractivity contribution in [3.05, 3.63) is 72.8 Å². The molecule has 0 amide bonds. The lowest BCUT2D eigenvalue weighted by atomic mass is 9.99. The van der Waals surface area contributed by atoms with Crippen LogP contribution < -0.4 is 0 Å². The zero-order valence-corrected chi connectivity index (χ0v) is 12.7. The number of benzene rings is 4. The van der Waals surface area contributed by atoms with Gasteiger partial charge in [0, 0.05) is 0 Å². The molecular formula is C20H16BO2. The summed E-state index contributed by atoms with van der Waals surface area (Å²) in [4.78, 5) is 8.71. The maximum absolute atomic E-state index is 4.39. The van der Waals surface area contributed by atoms with E-state index in [0.717, 1.165) is 12.9 Å². The number of rotatable bonds is 0. The molecule has 4 aromatic rings. The third kappa shape index (κ3) is 3.07. The van der Waals surface area contributed by atoms with E-state index in [-0.39, 0.29) is 0 Å². The van der Waals surface area contributed by atoms with Crippen molar-refractivity contribution in [2.24, 2.45) is 0 Å². The predicted octanol–water partition coefficient (Wildman–Crippen LogP) is 5.13. The van der Waals surface area contributed by atoms with Crippen LogP contribution in [0.1, 0.15) is 0 Å². The first kappa shape index (κ1) is 14.3. The Bertz CT molecular complexity index is 810. The van der Waals surface area contributed by atoms with Gasteiger partial charge in [0.2, 0.25) is 0 Å². The maximum atomic E-state index is 4.39. The topological polar surface area (TPSA) is 18.5 Å². The average Bonchev–Trinajstić information content (AvgIpc) is 3.18. The molecule has 5 rings (SSSR count). The predicted molar refractivity (Wildman–Crippen MR) is 96.6 cm³/mol. The van der Waals surface area contributed by atoms with Gasteiger partial charge in [-0.15, -0.1) is 0 Å². The molecule has 1 heterocycles. The summed E-state index contributed by atoms with van der Waals surface area (Å²) >= 11 is 0. The van der Waals surface area contributed by atoms with Crippen LogP contribution >= 0.6 is 0 Å². The molecule has 1 saturated heterocycles. The van der Waals surface area contributed by atoms with E-state index in [1.165, 1.54) is 32.3 Å². The Morgan fingerprint density at radius 3 is 1.30 bits per heavy atom. The Balaban J connectivity index is 0.000000233. The van der Waals surface area contributed by atoms with Crippen LogP contribution in [0.25, 0.3) is 32.3 Å². The number of hydrogen-bond donors (Lipinski definition) is 0. The van der Waals surface area contributed by atoms with Gasteiger partial charge < -0.3 is 4.81 Å². The lowest BCUT2D eigenvalue weighted by molar-refractivity contribution is -0.181. The van der Waals surface area contributed by atoms with Gasteiger partial charge in [-0.05, 0) is 62.9 Å². The molecule has 4 aromatic carbocycles. The van der Waals surface area contributed by atoms with Crippen molar-refractivity contribution in [3.63, 3.8) is 0 Å². The van der Waals surface area contributed by atoms with Gasteiger partial charge in [-0.3, -0.25) is 4.89 Å². The molecule has 0 atom stereocenters. The molecule has 1 aliphatic rings. The molecule has 23 heavy (non-hydrogen) atoms. The lowest BCUT2D eigenvalue weighted by Gasteiger charge is -2.04. The summed E-state index contributed by atoms with van der Waals surface area (Å²) in [7, 11) is 1.64. The summed E-state index contributed by atoms with van der Waals surface area (Å²) in [5.74, 6) is 0. The van der Waals surface area contributed by atoms with Crippen molar-refractivity contribution < 1.29 is 9.69 Å². The van der Waals surface area contributed by atoms with Crippen LogP contribution in [0.2, 0.25) is 6.32 Å². The second kappa shape index (κ2) is 6.41. The molecule has 0 aliphatic carbocycles. The van der Waals surface area contributed by atoms with Gasteiger partial charge in [0.1, 0.15) is 0 Å². The van der Waals surface area contributed by atoms with Crippen LogP contribution in [0.5, 0.6) is 0 Å². The van der Waals surface area contributed by atoms with Gasteiger partial charge in [0.15, 0.2) is 0 Å². The first-order valence-electron chi connectivity index (χ1n) is 7.81. The summed E-state index contributed by atoms with van der Waals surface area (Å²) in [5.41, 5.74) is 0. The SMILES string of the molecule is [B]1CCOO1.c1ccc2cc3cc4ccccc4cc3cc2c1. The Morgan fingerprint density at radius 1 is 0.609 bits per heavy atom. The minimum absolute atomic E-state index is 0.722. The van der Waals surface area contributed by atoms with Gasteiger partial charge in [-0.2, -0.15) is 0 Å². The first-order valence-corrected chi connectivity index (χ1v) is 7.81. The monoisotopic (exact) mass is 299 g/mol. The third-order valence-corrected chi connectivity index (χ3v) is 4.02. The normalized spacial score (nSPS) is 13.7. The summed E-state index contributed by atoms with van der Waals surface area (Å²) in [6.45, 7) is 0.722. The molecule has 1 radical (unpaired) electrons. The fourth-order valence-corrected chi connectivity index (χ4v) is 2.87. The van der Waals surface area contributed by atoms with Crippen LogP contribution in [0.3, 0.4) is 0 Å². The van der Waals surface area contributed by atoms with Gasteiger partial charge in [0.05, 0.1) is 6.61 Å². The van der Waals surface area contributed by atoms with Gasteiger partial charge >= 0.3 is 7.48 Å². The minimum Gasteiger partial charge on any atom is -0.311 e. The molecule has 0 aromatic heterocycles. The second-order valence-corrected chi connectivity index (χ2v) is 5.62. The standard InChI is InChI=1S/C18H12.C2H4BO2/c1-2-6-14-10-18-12-16-8-4-3-7-15(16)11-17(18)9-13(14)5-1;1-2-4-5-3-1/h1-12H;1-2H2. The Labute approximate surface area is 135 Å². The summed E-state index contributed by atoms with van der Waals surface area (Å²) in [5, 5.41) is 7.85. The molecule has 0 N–H and O–H groups in total. The molecule has 2 nitrogen and oxygen atoms in total. The summed E-state index contributed by atoms with van der Waals surface area (Å²) in [6.07, 6.45) is 0.931. The molecule has 1 aliphatic heterocycles. The van der Waals surface area contributed by atoms with Crippen molar-refractivity contribution >= 4 is 39.8 Å². The summed E-state index contributed by atoms with van der Waals surface area (Å²) in [6, 6.07) is 26.2. The molecule has 0 bridgehead atoms. The van der Waals surface area contributed by atoms with Crippen LogP contribution in [0, 0.1) is 0 Å². The third-order valence-electron chi connectivity index (χ3n) is 4.02. The highest BCUT2D eigenvalue weighted by atomic mass is 17.2. The fourth-order valence-electron chi connectivity index (χ4n) is 2.87. The number of fused-ring (bicyclic) bond motifs is 3. The van der Waals surface area contributed by atoms with Gasteiger partial charge in [-0.25, -0.2) is 0 Å². The van der Waals surface area contributed by atoms with Gasteiger partial charge in [0.25, 0.3) is 0 Å². The van der Waals surface area contributed by atoms with Crippen LogP contribution in [0.15, 0.2) is 72.8 Å². The van der Waals surface area contributed by atoms with E-state index >= 15 is 0 Å². The van der Waals surface area contributed by atoms with Crippen molar-refractivity contribution in [3.8, 4) is 0 Å². The zero-order valence-electron chi connectivity index (χ0n) is 12.7. The Kier molecular flexibility index (Phi) is 3.97. The van der Waals surface area contributed by atoms with E-state index in [2.05, 4.69) is 82.5 Å². The molecule has 111 valence electrons. The highest BCUT2D eigenvalue weighted by Crippen LogP contribution is 2.27. The maximum Gasteiger partial charge on any atom is 0.346 e. The molecule has 0 unspecified atom stereocenters. The molecular weight excluding hydrogens is 283 g/mol. The van der Waals surface area contributed by atoms with Crippen LogP contribution in [-0.2, 0) is 9.69 Å². The van der Waals surface area contributed by atoms with Gasteiger partial charge in [-0.1, -0.05) is 48.5 Å². The molecule has 0 spiro atoms. The Morgan fingerprint density at radius 2 is 1.04 bits per heavy atom. The van der Waals surface area contributed by atoms with Crippen LogP contribution in [-0.4, -0.2) is 14.1 Å². The Hall–Kier alpha value is -2.36. The zero-order chi connectivity index (χ0) is 15.5.